The minimum absolute atomic E-state index is 0.0695. The number of hydrogen-bond acceptors (Lipinski definition) is 9. The van der Waals surface area contributed by atoms with E-state index in [1.54, 1.807) is 6.07 Å². The van der Waals surface area contributed by atoms with E-state index in [-0.39, 0.29) is 11.5 Å². The molecule has 2 aliphatic rings. The first-order chi connectivity index (χ1) is 15.7. The maximum Gasteiger partial charge on any atom is 0.242 e. The summed E-state index contributed by atoms with van der Waals surface area (Å²) < 4.78 is 21.1. The number of benzene rings is 1. The van der Waals surface area contributed by atoms with Gasteiger partial charge >= 0.3 is 0 Å². The zero-order valence-electron chi connectivity index (χ0n) is 17.8. The van der Waals surface area contributed by atoms with E-state index in [0.717, 1.165) is 26.2 Å². The lowest BCUT2D eigenvalue weighted by atomic mass is 10.1. The van der Waals surface area contributed by atoms with Crippen molar-refractivity contribution in [3.05, 3.63) is 48.3 Å². The second-order valence-electron chi connectivity index (χ2n) is 7.57. The highest BCUT2D eigenvalue weighted by Crippen LogP contribution is 2.31. The highest BCUT2D eigenvalue weighted by molar-refractivity contribution is 5.69. The van der Waals surface area contributed by atoms with Gasteiger partial charge in [0, 0.05) is 38.8 Å². The van der Waals surface area contributed by atoms with Crippen LogP contribution in [0.4, 0.5) is 27.8 Å². The molecule has 1 aromatic carbocycles. The first-order valence-corrected chi connectivity index (χ1v) is 10.7. The third-order valence-corrected chi connectivity index (χ3v) is 5.45. The molecule has 32 heavy (non-hydrogen) atoms. The molecule has 3 N–H and O–H groups in total. The number of pyridine rings is 1. The predicted molar refractivity (Wildman–Crippen MR) is 122 cm³/mol. The summed E-state index contributed by atoms with van der Waals surface area (Å²) in [5.41, 5.74) is 0.915. The quantitative estimate of drug-likeness (QED) is 0.558. The molecule has 4 heterocycles. The lowest BCUT2D eigenvalue weighted by molar-refractivity contribution is 0.229. The van der Waals surface area contributed by atoms with Crippen LogP contribution in [0.25, 0.3) is 11.3 Å². The maximum atomic E-state index is 15.6. The van der Waals surface area contributed by atoms with Crippen molar-refractivity contribution in [2.24, 2.45) is 0 Å². The second kappa shape index (κ2) is 8.93. The number of nitrogens with one attached hydrogen (secondary N) is 3. The fourth-order valence-electron chi connectivity index (χ4n) is 3.74. The molecule has 3 aromatic rings. The van der Waals surface area contributed by atoms with Gasteiger partial charge in [-0.05, 0) is 12.1 Å². The number of nitrogens with zero attached hydrogens (tertiary/aromatic N) is 5. The first kappa shape index (κ1) is 20.4. The molecule has 0 atom stereocenters. The number of hydrazine groups is 1. The SMILES string of the molecule is CN(c1nc(Nc2ccc3c(n2)NCCO3)c(F)c(-c2ccccc2)n1)N1CCNCC1. The Balaban J connectivity index is 1.53. The van der Waals surface area contributed by atoms with Crippen molar-refractivity contribution in [1.29, 1.82) is 0 Å². The van der Waals surface area contributed by atoms with Crippen molar-refractivity contribution >= 4 is 23.4 Å². The Morgan fingerprint density at radius 3 is 2.66 bits per heavy atom. The first-order valence-electron chi connectivity index (χ1n) is 10.7. The molecule has 0 amide bonds. The third kappa shape index (κ3) is 4.14. The van der Waals surface area contributed by atoms with Crippen LogP contribution in [0.2, 0.25) is 0 Å². The third-order valence-electron chi connectivity index (χ3n) is 5.45. The largest absolute Gasteiger partial charge is 0.488 e. The number of aromatic nitrogens is 3. The lowest BCUT2D eigenvalue weighted by Gasteiger charge is -2.35. The van der Waals surface area contributed by atoms with Crippen molar-refractivity contribution in [2.45, 2.75) is 0 Å². The fourth-order valence-corrected chi connectivity index (χ4v) is 3.74. The van der Waals surface area contributed by atoms with Gasteiger partial charge in [-0.2, -0.15) is 4.98 Å². The van der Waals surface area contributed by atoms with E-state index in [2.05, 4.69) is 35.9 Å². The van der Waals surface area contributed by atoms with Gasteiger partial charge < -0.3 is 20.7 Å². The molecule has 9 nitrogen and oxygen atoms in total. The molecular weight excluding hydrogens is 411 g/mol. The molecule has 5 rings (SSSR count). The van der Waals surface area contributed by atoms with Crippen molar-refractivity contribution < 1.29 is 9.13 Å². The Kier molecular flexibility index (Phi) is 5.70. The number of rotatable bonds is 5. The van der Waals surface area contributed by atoms with Crippen LogP contribution in [0.15, 0.2) is 42.5 Å². The number of piperazine rings is 1. The minimum Gasteiger partial charge on any atom is -0.488 e. The highest BCUT2D eigenvalue weighted by Gasteiger charge is 2.23. The van der Waals surface area contributed by atoms with Crippen molar-refractivity contribution in [2.75, 3.05) is 62.0 Å². The summed E-state index contributed by atoms with van der Waals surface area (Å²) in [6, 6.07) is 12.8. The Morgan fingerprint density at radius 2 is 1.84 bits per heavy atom. The van der Waals surface area contributed by atoms with Gasteiger partial charge in [-0.25, -0.2) is 19.4 Å². The summed E-state index contributed by atoms with van der Waals surface area (Å²) in [6.07, 6.45) is 0. The molecule has 166 valence electrons. The lowest BCUT2D eigenvalue weighted by Crippen LogP contribution is -2.51. The average molecular weight is 436 g/mol. The summed E-state index contributed by atoms with van der Waals surface area (Å²) >= 11 is 0. The van der Waals surface area contributed by atoms with Crippen LogP contribution in [0, 0.1) is 5.82 Å². The molecule has 0 saturated carbocycles. The number of ether oxygens (including phenoxy) is 1. The predicted octanol–water partition coefficient (Wildman–Crippen LogP) is 2.48. The zero-order chi connectivity index (χ0) is 21.9. The Hall–Kier alpha value is -3.50. The van der Waals surface area contributed by atoms with Gasteiger partial charge in [-0.15, -0.1) is 0 Å². The van der Waals surface area contributed by atoms with E-state index in [4.69, 9.17) is 4.74 Å². The maximum absolute atomic E-state index is 15.6. The van der Waals surface area contributed by atoms with Crippen LogP contribution in [0.1, 0.15) is 0 Å². The van der Waals surface area contributed by atoms with E-state index in [9.17, 15) is 0 Å². The molecule has 0 radical (unpaired) electrons. The van der Waals surface area contributed by atoms with Crippen LogP contribution < -0.4 is 25.7 Å². The molecule has 10 heteroatoms. The van der Waals surface area contributed by atoms with E-state index in [0.29, 0.717) is 42.0 Å². The molecule has 0 bridgehead atoms. The van der Waals surface area contributed by atoms with Crippen molar-refractivity contribution in [1.82, 2.24) is 25.3 Å². The standard InChI is InChI=1S/C22H25FN8O/c1-30(31-12-9-24-10-13-31)22-28-19(15-5-3-2-4-6-15)18(23)21(29-22)27-17-8-7-16-20(26-17)25-11-14-32-16/h2-8,24H,9-14H2,1H3,(H2,25,26,27,28,29). The summed E-state index contributed by atoms with van der Waals surface area (Å²) in [4.78, 5) is 13.6. The summed E-state index contributed by atoms with van der Waals surface area (Å²) in [7, 11) is 1.90. The Labute approximate surface area is 185 Å². The summed E-state index contributed by atoms with van der Waals surface area (Å²) in [5, 5.41) is 13.6. The van der Waals surface area contributed by atoms with E-state index in [1.165, 1.54) is 0 Å². The van der Waals surface area contributed by atoms with Gasteiger partial charge in [0.1, 0.15) is 18.1 Å². The average Bonchev–Trinajstić information content (AvgIpc) is 2.86. The van der Waals surface area contributed by atoms with Gasteiger partial charge in [0.15, 0.2) is 23.2 Å². The number of anilines is 4. The van der Waals surface area contributed by atoms with Gasteiger partial charge in [0.2, 0.25) is 5.95 Å². The number of fused-ring (bicyclic) bond motifs is 1. The normalized spacial score (nSPS) is 15.9. The molecule has 0 spiro atoms. The molecule has 0 unspecified atom stereocenters. The van der Waals surface area contributed by atoms with Crippen molar-refractivity contribution in [3.63, 3.8) is 0 Å². The fraction of sp³-hybridized carbons (Fsp3) is 0.318. The topological polar surface area (TPSA) is 90.5 Å². The second-order valence-corrected chi connectivity index (χ2v) is 7.57. The van der Waals surface area contributed by atoms with E-state index >= 15 is 4.39 Å². The molecule has 2 aliphatic heterocycles. The van der Waals surface area contributed by atoms with Gasteiger partial charge in [0.05, 0.1) is 6.54 Å². The Morgan fingerprint density at radius 1 is 1.03 bits per heavy atom. The molecule has 1 saturated heterocycles. The minimum atomic E-state index is -0.530. The number of halogens is 1. The van der Waals surface area contributed by atoms with Gasteiger partial charge in [-0.3, -0.25) is 5.01 Å². The molecule has 0 aliphatic carbocycles. The molecule has 1 fully saturated rings. The molecular formula is C22H25FN8O. The monoisotopic (exact) mass is 436 g/mol. The van der Waals surface area contributed by atoms with Crippen LogP contribution in [0.3, 0.4) is 0 Å². The summed E-state index contributed by atoms with van der Waals surface area (Å²) in [5.74, 6) is 1.71. The van der Waals surface area contributed by atoms with E-state index in [1.807, 2.05) is 48.5 Å². The van der Waals surface area contributed by atoms with Crippen LogP contribution in [-0.4, -0.2) is 66.3 Å². The van der Waals surface area contributed by atoms with Crippen molar-refractivity contribution in [3.8, 4) is 17.0 Å². The van der Waals surface area contributed by atoms with Gasteiger partial charge in [-0.1, -0.05) is 30.3 Å². The van der Waals surface area contributed by atoms with Crippen LogP contribution in [0.5, 0.6) is 5.75 Å². The van der Waals surface area contributed by atoms with Gasteiger partial charge in [0.25, 0.3) is 0 Å². The smallest absolute Gasteiger partial charge is 0.242 e. The Bertz CT molecular complexity index is 1090. The zero-order valence-corrected chi connectivity index (χ0v) is 17.8. The van der Waals surface area contributed by atoms with Crippen LogP contribution >= 0.6 is 0 Å². The number of hydrogen-bond donors (Lipinski definition) is 3. The van der Waals surface area contributed by atoms with Crippen LogP contribution in [-0.2, 0) is 0 Å². The summed E-state index contributed by atoms with van der Waals surface area (Å²) in [6.45, 7) is 4.64. The highest BCUT2D eigenvalue weighted by atomic mass is 19.1. The van der Waals surface area contributed by atoms with E-state index < -0.39 is 5.82 Å². The molecule has 2 aromatic heterocycles.